The predicted octanol–water partition coefficient (Wildman–Crippen LogP) is 1.80. The van der Waals surface area contributed by atoms with E-state index in [0.29, 0.717) is 12.0 Å². The van der Waals surface area contributed by atoms with E-state index in [-0.39, 0.29) is 0 Å². The molecule has 0 radical (unpaired) electrons. The lowest BCUT2D eigenvalue weighted by Gasteiger charge is -2.14. The summed E-state index contributed by atoms with van der Waals surface area (Å²) in [4.78, 5) is 8.48. The number of likely N-dealkylation sites (tertiary alicyclic amines) is 1. The fourth-order valence-electron chi connectivity index (χ4n) is 2.51. The van der Waals surface area contributed by atoms with Gasteiger partial charge in [0, 0.05) is 36.5 Å². The number of thiazole rings is 1. The third-order valence-corrected chi connectivity index (χ3v) is 4.58. The molecule has 0 aromatic carbocycles. The van der Waals surface area contributed by atoms with E-state index in [4.69, 9.17) is 5.73 Å². The Morgan fingerprint density at radius 1 is 1.50 bits per heavy atom. The molecule has 2 aliphatic rings. The highest BCUT2D eigenvalue weighted by Crippen LogP contribution is 2.42. The van der Waals surface area contributed by atoms with Crippen LogP contribution in [0.4, 0.5) is 0 Å². The molecule has 2 unspecified atom stereocenters. The van der Waals surface area contributed by atoms with Gasteiger partial charge in [-0.2, -0.15) is 0 Å². The first kappa shape index (κ1) is 10.7. The molecule has 1 aromatic rings. The van der Waals surface area contributed by atoms with Crippen molar-refractivity contribution in [3.8, 4) is 0 Å². The van der Waals surface area contributed by atoms with Crippen molar-refractivity contribution >= 4 is 11.3 Å². The summed E-state index contributed by atoms with van der Waals surface area (Å²) in [5, 5.41) is 0. The molecular formula is C12H19N3S. The van der Waals surface area contributed by atoms with Gasteiger partial charge in [0.15, 0.2) is 0 Å². The third-order valence-electron chi connectivity index (χ3n) is 3.75. The zero-order chi connectivity index (χ0) is 11.1. The van der Waals surface area contributed by atoms with Gasteiger partial charge in [0.2, 0.25) is 0 Å². The average Bonchev–Trinajstić information content (AvgIpc) is 2.91. The lowest BCUT2D eigenvalue weighted by molar-refractivity contribution is 0.320. The summed E-state index contributed by atoms with van der Waals surface area (Å²) in [5.74, 6) is 1.41. The van der Waals surface area contributed by atoms with Crippen molar-refractivity contribution in [1.29, 1.82) is 0 Å². The van der Waals surface area contributed by atoms with Gasteiger partial charge < -0.3 is 5.73 Å². The van der Waals surface area contributed by atoms with Gasteiger partial charge in [0.25, 0.3) is 0 Å². The van der Waals surface area contributed by atoms with E-state index < -0.39 is 0 Å². The van der Waals surface area contributed by atoms with Gasteiger partial charge in [-0.25, -0.2) is 4.98 Å². The maximum absolute atomic E-state index is 6.05. The second-order valence-corrected chi connectivity index (χ2v) is 6.21. The van der Waals surface area contributed by atoms with E-state index in [1.165, 1.54) is 23.4 Å². The summed E-state index contributed by atoms with van der Waals surface area (Å²) in [5.41, 5.74) is 9.43. The van der Waals surface area contributed by atoms with Gasteiger partial charge in [0.1, 0.15) is 0 Å². The van der Waals surface area contributed by atoms with Crippen LogP contribution in [0.25, 0.3) is 0 Å². The van der Waals surface area contributed by atoms with Crippen molar-refractivity contribution in [2.45, 2.75) is 38.3 Å². The Morgan fingerprint density at radius 2 is 2.31 bits per heavy atom. The summed E-state index contributed by atoms with van der Waals surface area (Å²) in [6.07, 6.45) is 2.68. The first-order valence-electron chi connectivity index (χ1n) is 6.14. The van der Waals surface area contributed by atoms with Crippen LogP contribution < -0.4 is 5.73 Å². The molecule has 4 heteroatoms. The van der Waals surface area contributed by atoms with Crippen LogP contribution in [0.2, 0.25) is 0 Å². The fraction of sp³-hybridized carbons (Fsp3) is 0.750. The molecule has 0 bridgehead atoms. The lowest BCUT2D eigenvalue weighted by atomic mass is 10.1. The standard InChI is InChI=1S/C12H19N3S/c1-8-4-15(5-10(8)13)6-11-12(9-2-3-9)14-7-16-11/h7-10H,2-6,13H2,1H3. The number of hydrogen-bond acceptors (Lipinski definition) is 4. The van der Waals surface area contributed by atoms with E-state index >= 15 is 0 Å². The van der Waals surface area contributed by atoms with Gasteiger partial charge in [-0.3, -0.25) is 4.90 Å². The SMILES string of the molecule is CC1CN(Cc2scnc2C2CC2)CC1N. The van der Waals surface area contributed by atoms with Crippen LogP contribution in [0.1, 0.15) is 36.3 Å². The minimum Gasteiger partial charge on any atom is -0.326 e. The van der Waals surface area contributed by atoms with E-state index in [1.807, 2.05) is 16.8 Å². The Hall–Kier alpha value is -0.450. The maximum atomic E-state index is 6.05. The molecule has 2 fully saturated rings. The second-order valence-electron chi connectivity index (χ2n) is 5.27. The van der Waals surface area contributed by atoms with E-state index in [2.05, 4.69) is 16.8 Å². The van der Waals surface area contributed by atoms with Crippen molar-refractivity contribution in [3.63, 3.8) is 0 Å². The van der Waals surface area contributed by atoms with Crippen LogP contribution in [0.3, 0.4) is 0 Å². The molecule has 1 aromatic heterocycles. The van der Waals surface area contributed by atoms with Crippen molar-refractivity contribution in [3.05, 3.63) is 16.1 Å². The lowest BCUT2D eigenvalue weighted by Crippen LogP contribution is -2.28. The zero-order valence-corrected chi connectivity index (χ0v) is 10.5. The van der Waals surface area contributed by atoms with Crippen LogP contribution >= 0.6 is 11.3 Å². The summed E-state index contributed by atoms with van der Waals surface area (Å²) < 4.78 is 0. The van der Waals surface area contributed by atoms with E-state index in [0.717, 1.165) is 25.6 Å². The number of rotatable bonds is 3. The first-order chi connectivity index (χ1) is 7.74. The highest BCUT2D eigenvalue weighted by Gasteiger charge is 2.31. The largest absolute Gasteiger partial charge is 0.326 e. The Bertz CT molecular complexity index is 362. The molecule has 1 aliphatic carbocycles. The number of hydrogen-bond donors (Lipinski definition) is 1. The topological polar surface area (TPSA) is 42.2 Å². The Morgan fingerprint density at radius 3 is 2.94 bits per heavy atom. The van der Waals surface area contributed by atoms with Crippen LogP contribution in [-0.4, -0.2) is 29.0 Å². The van der Waals surface area contributed by atoms with Crippen molar-refractivity contribution in [2.24, 2.45) is 11.7 Å². The molecule has 88 valence electrons. The molecule has 2 atom stereocenters. The number of nitrogens with zero attached hydrogens (tertiary/aromatic N) is 2. The molecule has 0 amide bonds. The summed E-state index contributed by atoms with van der Waals surface area (Å²) in [7, 11) is 0. The highest BCUT2D eigenvalue weighted by atomic mass is 32.1. The Labute approximate surface area is 101 Å². The molecule has 1 saturated carbocycles. The van der Waals surface area contributed by atoms with E-state index in [9.17, 15) is 0 Å². The zero-order valence-electron chi connectivity index (χ0n) is 9.72. The quantitative estimate of drug-likeness (QED) is 0.871. The minimum atomic E-state index is 0.359. The molecule has 16 heavy (non-hydrogen) atoms. The molecule has 3 nitrogen and oxygen atoms in total. The molecular weight excluding hydrogens is 218 g/mol. The maximum Gasteiger partial charge on any atom is 0.0798 e. The molecule has 2 heterocycles. The predicted molar refractivity (Wildman–Crippen MR) is 66.5 cm³/mol. The molecule has 1 aliphatic heterocycles. The smallest absolute Gasteiger partial charge is 0.0798 e. The first-order valence-corrected chi connectivity index (χ1v) is 7.02. The molecule has 0 spiro atoms. The highest BCUT2D eigenvalue weighted by molar-refractivity contribution is 7.09. The minimum absolute atomic E-state index is 0.359. The third kappa shape index (κ3) is 2.01. The molecule has 2 N–H and O–H groups in total. The Balaban J connectivity index is 1.67. The van der Waals surface area contributed by atoms with E-state index in [1.54, 1.807) is 0 Å². The fourth-order valence-corrected chi connectivity index (χ4v) is 3.41. The number of aromatic nitrogens is 1. The van der Waals surface area contributed by atoms with Crippen LogP contribution in [0.15, 0.2) is 5.51 Å². The second kappa shape index (κ2) is 4.09. The van der Waals surface area contributed by atoms with Crippen molar-refractivity contribution < 1.29 is 0 Å². The Kier molecular flexibility index (Phi) is 2.73. The van der Waals surface area contributed by atoms with Crippen LogP contribution in [0, 0.1) is 5.92 Å². The van der Waals surface area contributed by atoms with Crippen molar-refractivity contribution in [2.75, 3.05) is 13.1 Å². The van der Waals surface area contributed by atoms with Crippen molar-refractivity contribution in [1.82, 2.24) is 9.88 Å². The van der Waals surface area contributed by atoms with Gasteiger partial charge in [-0.1, -0.05) is 6.92 Å². The summed E-state index contributed by atoms with van der Waals surface area (Å²) in [6, 6.07) is 0.359. The van der Waals surface area contributed by atoms with Gasteiger partial charge >= 0.3 is 0 Å². The molecule has 1 saturated heterocycles. The number of nitrogens with two attached hydrogens (primary N) is 1. The van der Waals surface area contributed by atoms with Gasteiger partial charge in [0.05, 0.1) is 11.2 Å². The normalized spacial score (nSPS) is 31.1. The van der Waals surface area contributed by atoms with Crippen LogP contribution in [-0.2, 0) is 6.54 Å². The summed E-state index contributed by atoms with van der Waals surface area (Å²) in [6.45, 7) is 5.50. The van der Waals surface area contributed by atoms with Gasteiger partial charge in [-0.15, -0.1) is 11.3 Å². The molecule has 3 rings (SSSR count). The average molecular weight is 237 g/mol. The van der Waals surface area contributed by atoms with Crippen LogP contribution in [0.5, 0.6) is 0 Å². The summed E-state index contributed by atoms with van der Waals surface area (Å²) >= 11 is 1.81. The van der Waals surface area contributed by atoms with Gasteiger partial charge in [-0.05, 0) is 18.8 Å². The monoisotopic (exact) mass is 237 g/mol.